The smallest absolute Gasteiger partial charge is 0.242 e. The molecule has 0 atom stereocenters. The Morgan fingerprint density at radius 3 is 2.58 bits per heavy atom. The maximum atomic E-state index is 12.1. The van der Waals surface area contributed by atoms with E-state index in [1.54, 1.807) is 13.8 Å². The normalized spacial score (nSPS) is 17.8. The zero-order chi connectivity index (χ0) is 14.0. The number of nitrogens with two attached hydrogens (primary N) is 1. The molecule has 19 heavy (non-hydrogen) atoms. The standard InChI is InChI=1S/C14H24N4O/c1-4-18-10-12(9-16-18)11-5-7-17(8-6-11)13(19)14(2,3)15/h9-11H,4-8,15H2,1-3H3. The fraction of sp³-hybridized carbons (Fsp3) is 0.714. The molecule has 1 aliphatic rings. The number of aromatic nitrogens is 2. The Hall–Kier alpha value is -1.36. The van der Waals surface area contributed by atoms with Gasteiger partial charge >= 0.3 is 0 Å². The zero-order valence-corrected chi connectivity index (χ0v) is 12.1. The highest BCUT2D eigenvalue weighted by atomic mass is 16.2. The van der Waals surface area contributed by atoms with Crippen molar-refractivity contribution in [3.8, 4) is 0 Å². The largest absolute Gasteiger partial charge is 0.341 e. The van der Waals surface area contributed by atoms with Crippen LogP contribution in [0.4, 0.5) is 0 Å². The third-order valence-electron chi connectivity index (χ3n) is 3.78. The third-order valence-corrected chi connectivity index (χ3v) is 3.78. The molecule has 1 amide bonds. The van der Waals surface area contributed by atoms with Crippen molar-refractivity contribution in [3.05, 3.63) is 18.0 Å². The first-order valence-corrected chi connectivity index (χ1v) is 7.02. The minimum absolute atomic E-state index is 0.0511. The highest BCUT2D eigenvalue weighted by Crippen LogP contribution is 2.28. The van der Waals surface area contributed by atoms with Gasteiger partial charge in [-0.05, 0) is 45.1 Å². The van der Waals surface area contributed by atoms with Crippen LogP contribution in [0, 0.1) is 0 Å². The van der Waals surface area contributed by atoms with E-state index in [2.05, 4.69) is 18.2 Å². The van der Waals surface area contributed by atoms with Crippen molar-refractivity contribution in [2.45, 2.75) is 51.6 Å². The number of amides is 1. The topological polar surface area (TPSA) is 64.2 Å². The molecule has 0 unspecified atom stereocenters. The highest BCUT2D eigenvalue weighted by molar-refractivity contribution is 5.85. The fourth-order valence-electron chi connectivity index (χ4n) is 2.59. The number of aryl methyl sites for hydroxylation is 1. The molecule has 1 aromatic heterocycles. The summed E-state index contributed by atoms with van der Waals surface area (Å²) in [6.07, 6.45) is 6.07. The number of hydrogen-bond donors (Lipinski definition) is 1. The van der Waals surface area contributed by atoms with E-state index in [0.717, 1.165) is 32.5 Å². The molecule has 0 aliphatic carbocycles. The predicted octanol–water partition coefficient (Wildman–Crippen LogP) is 1.35. The average molecular weight is 264 g/mol. The van der Waals surface area contributed by atoms with Gasteiger partial charge in [0.25, 0.3) is 0 Å². The lowest BCUT2D eigenvalue weighted by atomic mass is 9.90. The van der Waals surface area contributed by atoms with Crippen LogP contribution in [0.1, 0.15) is 45.1 Å². The first kappa shape index (κ1) is 14.1. The lowest BCUT2D eigenvalue weighted by Gasteiger charge is -2.35. The lowest BCUT2D eigenvalue weighted by molar-refractivity contribution is -0.136. The summed E-state index contributed by atoms with van der Waals surface area (Å²) in [6.45, 7) is 8.11. The number of likely N-dealkylation sites (tertiary alicyclic amines) is 1. The predicted molar refractivity (Wildman–Crippen MR) is 74.7 cm³/mol. The number of nitrogens with zero attached hydrogens (tertiary/aromatic N) is 3. The molecule has 5 nitrogen and oxygen atoms in total. The minimum Gasteiger partial charge on any atom is -0.341 e. The van der Waals surface area contributed by atoms with E-state index in [1.165, 1.54) is 5.56 Å². The molecule has 1 saturated heterocycles. The molecule has 1 fully saturated rings. The van der Waals surface area contributed by atoms with E-state index >= 15 is 0 Å². The van der Waals surface area contributed by atoms with Crippen molar-refractivity contribution in [1.82, 2.24) is 14.7 Å². The number of piperidine rings is 1. The molecule has 1 aliphatic heterocycles. The second-order valence-corrected chi connectivity index (χ2v) is 5.92. The first-order valence-electron chi connectivity index (χ1n) is 7.02. The van der Waals surface area contributed by atoms with Crippen LogP contribution in [0.5, 0.6) is 0 Å². The first-order chi connectivity index (χ1) is 8.91. The van der Waals surface area contributed by atoms with Gasteiger partial charge in [-0.1, -0.05) is 0 Å². The van der Waals surface area contributed by atoms with Crippen molar-refractivity contribution in [3.63, 3.8) is 0 Å². The van der Waals surface area contributed by atoms with Crippen LogP contribution < -0.4 is 5.73 Å². The Kier molecular flexibility index (Phi) is 3.94. The Morgan fingerprint density at radius 1 is 1.47 bits per heavy atom. The molecule has 2 heterocycles. The van der Waals surface area contributed by atoms with E-state index in [-0.39, 0.29) is 5.91 Å². The van der Waals surface area contributed by atoms with E-state index in [9.17, 15) is 4.79 Å². The maximum absolute atomic E-state index is 12.1. The zero-order valence-electron chi connectivity index (χ0n) is 12.1. The summed E-state index contributed by atoms with van der Waals surface area (Å²) in [6, 6.07) is 0. The molecule has 1 aromatic rings. The molecule has 0 radical (unpaired) electrons. The van der Waals surface area contributed by atoms with Crippen LogP contribution >= 0.6 is 0 Å². The van der Waals surface area contributed by atoms with Gasteiger partial charge in [0.1, 0.15) is 0 Å². The highest BCUT2D eigenvalue weighted by Gasteiger charge is 2.31. The second kappa shape index (κ2) is 5.33. The summed E-state index contributed by atoms with van der Waals surface area (Å²) in [5, 5.41) is 4.32. The molecule has 2 N–H and O–H groups in total. The molecule has 0 bridgehead atoms. The van der Waals surface area contributed by atoms with Gasteiger partial charge in [-0.25, -0.2) is 0 Å². The van der Waals surface area contributed by atoms with E-state index in [4.69, 9.17) is 5.73 Å². The monoisotopic (exact) mass is 264 g/mol. The van der Waals surface area contributed by atoms with Crippen molar-refractivity contribution in [2.24, 2.45) is 5.73 Å². The van der Waals surface area contributed by atoms with Crippen LogP contribution in [0.3, 0.4) is 0 Å². The lowest BCUT2D eigenvalue weighted by Crippen LogP contribution is -2.53. The Balaban J connectivity index is 1.94. The number of carbonyl (C=O) groups is 1. The van der Waals surface area contributed by atoms with Gasteiger partial charge in [-0.15, -0.1) is 0 Å². The molecule has 0 spiro atoms. The molecule has 0 saturated carbocycles. The maximum Gasteiger partial charge on any atom is 0.242 e. The van der Waals surface area contributed by atoms with Crippen molar-refractivity contribution in [1.29, 1.82) is 0 Å². The number of rotatable bonds is 3. The van der Waals surface area contributed by atoms with Gasteiger partial charge in [-0.3, -0.25) is 9.48 Å². The van der Waals surface area contributed by atoms with Gasteiger partial charge in [0.05, 0.1) is 11.7 Å². The summed E-state index contributed by atoms with van der Waals surface area (Å²) in [5.41, 5.74) is 6.40. The second-order valence-electron chi connectivity index (χ2n) is 5.92. The van der Waals surface area contributed by atoms with Crippen molar-refractivity contribution in [2.75, 3.05) is 13.1 Å². The van der Waals surface area contributed by atoms with E-state index in [0.29, 0.717) is 5.92 Å². The van der Waals surface area contributed by atoms with Crippen LogP contribution in [-0.4, -0.2) is 39.2 Å². The van der Waals surface area contributed by atoms with Gasteiger partial charge in [0.15, 0.2) is 0 Å². The summed E-state index contributed by atoms with van der Waals surface area (Å²) in [7, 11) is 0. The van der Waals surface area contributed by atoms with Crippen LogP contribution in [-0.2, 0) is 11.3 Å². The summed E-state index contributed by atoms with van der Waals surface area (Å²) < 4.78 is 1.95. The molecule has 0 aromatic carbocycles. The van der Waals surface area contributed by atoms with Crippen molar-refractivity contribution < 1.29 is 4.79 Å². The van der Waals surface area contributed by atoms with Crippen LogP contribution in [0.15, 0.2) is 12.4 Å². The summed E-state index contributed by atoms with van der Waals surface area (Å²) >= 11 is 0. The molecule has 106 valence electrons. The van der Waals surface area contributed by atoms with Gasteiger partial charge in [0.2, 0.25) is 5.91 Å². The van der Waals surface area contributed by atoms with Crippen LogP contribution in [0.2, 0.25) is 0 Å². The number of hydrogen-bond acceptors (Lipinski definition) is 3. The Morgan fingerprint density at radius 2 is 2.11 bits per heavy atom. The van der Waals surface area contributed by atoms with Gasteiger partial charge in [-0.2, -0.15) is 5.10 Å². The SMILES string of the molecule is CCn1cc(C2CCN(C(=O)C(C)(C)N)CC2)cn1. The third kappa shape index (κ3) is 3.15. The average Bonchev–Trinajstić information content (AvgIpc) is 2.86. The Labute approximate surface area is 114 Å². The summed E-state index contributed by atoms with van der Waals surface area (Å²) in [5.74, 6) is 0.570. The summed E-state index contributed by atoms with van der Waals surface area (Å²) in [4.78, 5) is 14.0. The van der Waals surface area contributed by atoms with E-state index < -0.39 is 5.54 Å². The molecular formula is C14H24N4O. The van der Waals surface area contributed by atoms with E-state index in [1.807, 2.05) is 15.8 Å². The number of carbonyl (C=O) groups excluding carboxylic acids is 1. The quantitative estimate of drug-likeness (QED) is 0.896. The van der Waals surface area contributed by atoms with Gasteiger partial charge < -0.3 is 10.6 Å². The van der Waals surface area contributed by atoms with Crippen LogP contribution in [0.25, 0.3) is 0 Å². The van der Waals surface area contributed by atoms with Gasteiger partial charge in [0, 0.05) is 25.8 Å². The fourth-order valence-corrected chi connectivity index (χ4v) is 2.59. The van der Waals surface area contributed by atoms with Crippen molar-refractivity contribution >= 4 is 5.91 Å². The molecular weight excluding hydrogens is 240 g/mol. The molecule has 5 heteroatoms. The molecule has 2 rings (SSSR count). The Bertz CT molecular complexity index is 439. The minimum atomic E-state index is -0.764.